The van der Waals surface area contributed by atoms with Gasteiger partial charge in [-0.25, -0.2) is 0 Å². The highest BCUT2D eigenvalue weighted by Gasteiger charge is 2.02. The zero-order valence-corrected chi connectivity index (χ0v) is 11.7. The minimum atomic E-state index is 0.0552. The summed E-state index contributed by atoms with van der Waals surface area (Å²) < 4.78 is 5.39. The van der Waals surface area contributed by atoms with E-state index in [4.69, 9.17) is 15.1 Å². The van der Waals surface area contributed by atoms with Gasteiger partial charge in [-0.05, 0) is 17.2 Å². The van der Waals surface area contributed by atoms with Crippen molar-refractivity contribution in [3.8, 4) is 11.8 Å². The first-order valence-electron chi connectivity index (χ1n) is 6.80. The normalized spacial score (nSPS) is 10.1. The molecule has 0 atom stereocenters. The number of aliphatic hydroxyl groups excluding tert-OH is 1. The molecule has 4 nitrogen and oxygen atoms in total. The lowest BCUT2D eigenvalue weighted by Crippen LogP contribution is -2.13. The Balaban J connectivity index is 1.89. The number of nitrogens with zero attached hydrogens (tertiary/aromatic N) is 1. The van der Waals surface area contributed by atoms with Crippen molar-refractivity contribution in [3.63, 3.8) is 0 Å². The van der Waals surface area contributed by atoms with Gasteiger partial charge in [-0.2, -0.15) is 5.26 Å². The summed E-state index contributed by atoms with van der Waals surface area (Å²) in [6.07, 6.45) is 0. The van der Waals surface area contributed by atoms with E-state index in [1.54, 1.807) is 0 Å². The van der Waals surface area contributed by atoms with Crippen molar-refractivity contribution in [2.24, 2.45) is 0 Å². The minimum Gasteiger partial charge on any atom is -0.478 e. The second-order valence-corrected chi connectivity index (χ2v) is 4.63. The Labute approximate surface area is 124 Å². The summed E-state index contributed by atoms with van der Waals surface area (Å²) in [5.74, 6) is 0.738. The second kappa shape index (κ2) is 8.05. The maximum Gasteiger partial charge on any atom is 0.174 e. The molecule has 0 saturated carbocycles. The molecule has 0 bridgehead atoms. The van der Waals surface area contributed by atoms with Gasteiger partial charge in [0.25, 0.3) is 0 Å². The predicted molar refractivity (Wildman–Crippen MR) is 80.5 cm³/mol. The molecule has 0 unspecified atom stereocenters. The molecular formula is C17H18N2O2. The van der Waals surface area contributed by atoms with Crippen molar-refractivity contribution in [2.75, 3.05) is 6.61 Å². The Morgan fingerprint density at radius 2 is 1.71 bits per heavy atom. The van der Waals surface area contributed by atoms with Crippen LogP contribution in [0.25, 0.3) is 0 Å². The molecular weight excluding hydrogens is 264 g/mol. The van der Waals surface area contributed by atoms with Gasteiger partial charge in [0.1, 0.15) is 11.8 Å². The number of rotatable bonds is 7. The van der Waals surface area contributed by atoms with Crippen LogP contribution >= 0.6 is 0 Å². The Hall–Kier alpha value is -2.35. The van der Waals surface area contributed by atoms with Crippen molar-refractivity contribution in [3.05, 3.63) is 65.2 Å². The van der Waals surface area contributed by atoms with Crippen molar-refractivity contribution < 1.29 is 9.84 Å². The molecule has 0 radical (unpaired) electrons. The van der Waals surface area contributed by atoms with Crippen LogP contribution in [0, 0.1) is 11.3 Å². The molecule has 0 fully saturated rings. The van der Waals surface area contributed by atoms with Crippen LogP contribution in [0.5, 0.6) is 5.75 Å². The molecule has 0 spiro atoms. The zero-order valence-electron chi connectivity index (χ0n) is 11.7. The maximum atomic E-state index is 9.00. The standard InChI is InChI=1S/C17H18N2O2/c18-9-10-21-17-4-2-1-3-16(17)12-19-11-14-5-7-15(13-20)8-6-14/h1-8,19-20H,10-13H2. The van der Waals surface area contributed by atoms with Crippen LogP contribution in [0.3, 0.4) is 0 Å². The quantitative estimate of drug-likeness (QED) is 0.818. The maximum absolute atomic E-state index is 9.00. The molecule has 108 valence electrons. The van der Waals surface area contributed by atoms with E-state index >= 15 is 0 Å². The first kappa shape index (κ1) is 15.0. The third kappa shape index (κ3) is 4.60. The summed E-state index contributed by atoms with van der Waals surface area (Å²) in [5.41, 5.74) is 3.09. The molecule has 0 aliphatic carbocycles. The highest BCUT2D eigenvalue weighted by atomic mass is 16.5. The summed E-state index contributed by atoms with van der Waals surface area (Å²) >= 11 is 0. The van der Waals surface area contributed by atoms with Crippen LogP contribution in [0.1, 0.15) is 16.7 Å². The van der Waals surface area contributed by atoms with Crippen LogP contribution in [0.2, 0.25) is 0 Å². The second-order valence-electron chi connectivity index (χ2n) is 4.63. The molecule has 2 rings (SSSR count). The lowest BCUT2D eigenvalue weighted by Gasteiger charge is -2.10. The fourth-order valence-electron chi connectivity index (χ4n) is 2.00. The molecule has 0 heterocycles. The Bertz CT molecular complexity index is 603. The van der Waals surface area contributed by atoms with E-state index in [2.05, 4.69) is 5.32 Å². The molecule has 0 aliphatic heterocycles. The molecule has 0 amide bonds. The van der Waals surface area contributed by atoms with Gasteiger partial charge in [0.2, 0.25) is 0 Å². The van der Waals surface area contributed by atoms with Crippen LogP contribution in [0.15, 0.2) is 48.5 Å². The summed E-state index contributed by atoms with van der Waals surface area (Å²) in [5, 5.41) is 20.9. The molecule has 2 aromatic carbocycles. The van der Waals surface area contributed by atoms with Gasteiger partial charge in [-0.1, -0.05) is 42.5 Å². The number of hydrogen-bond donors (Lipinski definition) is 2. The van der Waals surface area contributed by atoms with E-state index in [-0.39, 0.29) is 13.2 Å². The van der Waals surface area contributed by atoms with E-state index in [0.717, 1.165) is 29.0 Å². The summed E-state index contributed by atoms with van der Waals surface area (Å²) in [6, 6.07) is 17.5. The zero-order chi connectivity index (χ0) is 14.9. The topological polar surface area (TPSA) is 65.3 Å². The van der Waals surface area contributed by atoms with Crippen molar-refractivity contribution >= 4 is 0 Å². The number of nitriles is 1. The summed E-state index contributed by atoms with van der Waals surface area (Å²) in [7, 11) is 0. The molecule has 2 aromatic rings. The van der Waals surface area contributed by atoms with Gasteiger partial charge in [-0.15, -0.1) is 0 Å². The van der Waals surface area contributed by atoms with Crippen molar-refractivity contribution in [1.29, 1.82) is 5.26 Å². The van der Waals surface area contributed by atoms with E-state index in [9.17, 15) is 0 Å². The first-order valence-corrected chi connectivity index (χ1v) is 6.80. The molecule has 0 aromatic heterocycles. The average molecular weight is 282 g/mol. The van der Waals surface area contributed by atoms with Crippen LogP contribution < -0.4 is 10.1 Å². The number of nitrogens with one attached hydrogen (secondary N) is 1. The Morgan fingerprint density at radius 3 is 2.43 bits per heavy atom. The Morgan fingerprint density at radius 1 is 1.00 bits per heavy atom. The number of hydrogen-bond acceptors (Lipinski definition) is 4. The van der Waals surface area contributed by atoms with Crippen molar-refractivity contribution in [2.45, 2.75) is 19.7 Å². The molecule has 2 N–H and O–H groups in total. The summed E-state index contributed by atoms with van der Waals surface area (Å²) in [4.78, 5) is 0. The smallest absolute Gasteiger partial charge is 0.174 e. The van der Waals surface area contributed by atoms with E-state index < -0.39 is 0 Å². The first-order chi connectivity index (χ1) is 10.3. The molecule has 4 heteroatoms. The van der Waals surface area contributed by atoms with Crippen LogP contribution in [-0.4, -0.2) is 11.7 Å². The number of ether oxygens (including phenoxy) is 1. The van der Waals surface area contributed by atoms with Crippen LogP contribution in [-0.2, 0) is 19.7 Å². The number of benzene rings is 2. The lowest BCUT2D eigenvalue weighted by atomic mass is 10.1. The van der Waals surface area contributed by atoms with E-state index in [1.807, 2.05) is 54.6 Å². The monoisotopic (exact) mass is 282 g/mol. The average Bonchev–Trinajstić information content (AvgIpc) is 2.54. The summed E-state index contributed by atoms with van der Waals surface area (Å²) in [6.45, 7) is 1.53. The highest BCUT2D eigenvalue weighted by Crippen LogP contribution is 2.17. The predicted octanol–water partition coefficient (Wildman–Crippen LogP) is 2.37. The molecule has 21 heavy (non-hydrogen) atoms. The number of para-hydroxylation sites is 1. The van der Waals surface area contributed by atoms with Gasteiger partial charge >= 0.3 is 0 Å². The van der Waals surface area contributed by atoms with Crippen LogP contribution in [0.4, 0.5) is 0 Å². The van der Waals surface area contributed by atoms with Gasteiger partial charge in [-0.3, -0.25) is 0 Å². The third-order valence-corrected chi connectivity index (χ3v) is 3.11. The fraction of sp³-hybridized carbons (Fsp3) is 0.235. The molecule has 0 aliphatic rings. The SMILES string of the molecule is N#CCOc1ccccc1CNCc1ccc(CO)cc1. The van der Waals surface area contributed by atoms with Gasteiger partial charge < -0.3 is 15.2 Å². The molecule has 0 saturated heterocycles. The number of aliphatic hydroxyl groups is 1. The van der Waals surface area contributed by atoms with E-state index in [0.29, 0.717) is 6.54 Å². The van der Waals surface area contributed by atoms with Gasteiger partial charge in [0, 0.05) is 18.7 Å². The minimum absolute atomic E-state index is 0.0552. The lowest BCUT2D eigenvalue weighted by molar-refractivity contribution is 0.282. The van der Waals surface area contributed by atoms with Crippen molar-refractivity contribution in [1.82, 2.24) is 5.32 Å². The van der Waals surface area contributed by atoms with E-state index in [1.165, 1.54) is 0 Å². The Kier molecular flexibility index (Phi) is 5.77. The largest absolute Gasteiger partial charge is 0.478 e. The highest BCUT2D eigenvalue weighted by molar-refractivity contribution is 5.33. The fourth-order valence-corrected chi connectivity index (χ4v) is 2.00. The van der Waals surface area contributed by atoms with Gasteiger partial charge in [0.05, 0.1) is 6.61 Å². The third-order valence-electron chi connectivity index (χ3n) is 3.11. The van der Waals surface area contributed by atoms with Gasteiger partial charge in [0.15, 0.2) is 6.61 Å².